The van der Waals surface area contributed by atoms with Crippen LogP contribution in [-0.4, -0.2) is 45.4 Å². The highest BCUT2D eigenvalue weighted by Gasteiger charge is 2.33. The Hall–Kier alpha value is -3.93. The Morgan fingerprint density at radius 1 is 1.03 bits per heavy atom. The Labute approximate surface area is 192 Å². The van der Waals surface area contributed by atoms with Crippen molar-refractivity contribution in [2.75, 3.05) is 13.1 Å². The van der Waals surface area contributed by atoms with Gasteiger partial charge < -0.3 is 14.8 Å². The number of imidazole rings is 1. The fourth-order valence-electron chi connectivity index (χ4n) is 4.47. The van der Waals surface area contributed by atoms with Crippen LogP contribution < -0.4 is 5.32 Å². The molecule has 4 aromatic rings. The third-order valence-electron chi connectivity index (χ3n) is 6.43. The molecule has 6 nitrogen and oxygen atoms in total. The van der Waals surface area contributed by atoms with Gasteiger partial charge in [-0.25, -0.2) is 4.98 Å². The summed E-state index contributed by atoms with van der Waals surface area (Å²) in [5.41, 5.74) is 5.62. The molecule has 6 heteroatoms. The molecule has 1 atom stereocenters. The molecule has 0 saturated carbocycles. The number of fused-ring (bicyclic) bond motifs is 1. The van der Waals surface area contributed by atoms with Crippen molar-refractivity contribution in [2.45, 2.75) is 19.4 Å². The van der Waals surface area contributed by atoms with Crippen LogP contribution in [0.15, 0.2) is 72.8 Å². The van der Waals surface area contributed by atoms with Gasteiger partial charge in [-0.2, -0.15) is 0 Å². The molecular weight excluding hydrogens is 412 g/mol. The van der Waals surface area contributed by atoms with E-state index in [1.165, 1.54) is 0 Å². The summed E-state index contributed by atoms with van der Waals surface area (Å²) < 4.78 is 2.00. The van der Waals surface area contributed by atoms with Gasteiger partial charge in [-0.05, 0) is 41.8 Å². The largest absolute Gasteiger partial charge is 0.353 e. The monoisotopic (exact) mass is 438 g/mol. The number of carbonyl (C=O) groups excluding carboxylic acids is 2. The lowest BCUT2D eigenvalue weighted by atomic mass is 9.98. The minimum atomic E-state index is -0.546. The van der Waals surface area contributed by atoms with Gasteiger partial charge in [-0.3, -0.25) is 9.59 Å². The average Bonchev–Trinajstić information content (AvgIpc) is 3.13. The van der Waals surface area contributed by atoms with Gasteiger partial charge in [-0.15, -0.1) is 0 Å². The van der Waals surface area contributed by atoms with E-state index in [4.69, 9.17) is 0 Å². The molecule has 1 aromatic heterocycles. The summed E-state index contributed by atoms with van der Waals surface area (Å²) in [5, 5.41) is 2.92. The van der Waals surface area contributed by atoms with E-state index in [0.717, 1.165) is 33.5 Å². The molecule has 1 saturated heterocycles. The molecule has 0 aliphatic carbocycles. The Morgan fingerprint density at radius 3 is 2.52 bits per heavy atom. The Balaban J connectivity index is 1.39. The van der Waals surface area contributed by atoms with Crippen molar-refractivity contribution in [1.82, 2.24) is 19.8 Å². The molecule has 0 spiro atoms. The van der Waals surface area contributed by atoms with Gasteiger partial charge in [0.1, 0.15) is 11.9 Å². The molecule has 1 aliphatic heterocycles. The second-order valence-corrected chi connectivity index (χ2v) is 8.49. The number of aryl methyl sites for hydroxylation is 2. The van der Waals surface area contributed by atoms with Crippen LogP contribution in [-0.2, 0) is 18.3 Å². The number of hydrogen-bond donors (Lipinski definition) is 1. The molecule has 1 aliphatic rings. The number of nitrogens with one attached hydrogen (secondary N) is 1. The molecule has 0 bridgehead atoms. The molecule has 166 valence electrons. The SMILES string of the molecule is Cc1nc2cc(C(=O)N3CCNC(=O)C3Cc3ccc(-c4ccccc4)cc3)ccc2n1C. The topological polar surface area (TPSA) is 67.2 Å². The van der Waals surface area contributed by atoms with Crippen LogP contribution in [0, 0.1) is 6.92 Å². The summed E-state index contributed by atoms with van der Waals surface area (Å²) >= 11 is 0. The lowest BCUT2D eigenvalue weighted by Crippen LogP contribution is -2.58. The van der Waals surface area contributed by atoms with Gasteiger partial charge in [0.25, 0.3) is 5.91 Å². The van der Waals surface area contributed by atoms with E-state index in [9.17, 15) is 9.59 Å². The molecule has 1 fully saturated rings. The van der Waals surface area contributed by atoms with Crippen LogP contribution in [0.4, 0.5) is 0 Å². The minimum Gasteiger partial charge on any atom is -0.353 e. The van der Waals surface area contributed by atoms with E-state index < -0.39 is 6.04 Å². The summed E-state index contributed by atoms with van der Waals surface area (Å²) in [4.78, 5) is 32.4. The third kappa shape index (κ3) is 4.00. The Bertz CT molecular complexity index is 1330. The number of benzene rings is 3. The second-order valence-electron chi connectivity index (χ2n) is 8.49. The molecule has 2 heterocycles. The molecular formula is C27H26N4O2. The standard InChI is InChI=1S/C27H26N4O2/c1-18-29-23-17-22(12-13-24(23)30(18)2)27(33)31-15-14-28-26(32)25(31)16-19-8-10-21(11-9-19)20-6-4-3-5-7-20/h3-13,17,25H,14-16H2,1-2H3,(H,28,32). The summed E-state index contributed by atoms with van der Waals surface area (Å²) in [7, 11) is 1.96. The van der Waals surface area contributed by atoms with Crippen LogP contribution in [0.2, 0.25) is 0 Å². The summed E-state index contributed by atoms with van der Waals surface area (Å²) in [6.07, 6.45) is 0.470. The number of amides is 2. The van der Waals surface area contributed by atoms with Crippen molar-refractivity contribution >= 4 is 22.8 Å². The Kier molecular flexibility index (Phi) is 5.42. The predicted molar refractivity (Wildman–Crippen MR) is 129 cm³/mol. The van der Waals surface area contributed by atoms with Crippen LogP contribution in [0.3, 0.4) is 0 Å². The van der Waals surface area contributed by atoms with E-state index in [1.807, 2.05) is 67.1 Å². The normalized spacial score (nSPS) is 16.1. The molecule has 33 heavy (non-hydrogen) atoms. The maximum atomic E-state index is 13.4. The van der Waals surface area contributed by atoms with Crippen molar-refractivity contribution < 1.29 is 9.59 Å². The van der Waals surface area contributed by atoms with Gasteiger partial charge in [0.2, 0.25) is 5.91 Å². The Morgan fingerprint density at radius 2 is 1.76 bits per heavy atom. The number of piperazine rings is 1. The highest BCUT2D eigenvalue weighted by atomic mass is 16.2. The zero-order chi connectivity index (χ0) is 22.9. The van der Waals surface area contributed by atoms with E-state index in [0.29, 0.717) is 25.1 Å². The van der Waals surface area contributed by atoms with Crippen molar-refractivity contribution in [2.24, 2.45) is 7.05 Å². The summed E-state index contributed by atoms with van der Waals surface area (Å²) in [6, 6.07) is 23.4. The number of aromatic nitrogens is 2. The zero-order valence-electron chi connectivity index (χ0n) is 18.8. The van der Waals surface area contributed by atoms with E-state index in [-0.39, 0.29) is 11.8 Å². The van der Waals surface area contributed by atoms with Crippen LogP contribution in [0.25, 0.3) is 22.2 Å². The predicted octanol–water partition coefficient (Wildman–Crippen LogP) is 3.73. The van der Waals surface area contributed by atoms with Crippen LogP contribution in [0.1, 0.15) is 21.7 Å². The highest BCUT2D eigenvalue weighted by molar-refractivity contribution is 6.00. The smallest absolute Gasteiger partial charge is 0.254 e. The molecule has 1 unspecified atom stereocenters. The fraction of sp³-hybridized carbons (Fsp3) is 0.222. The van der Waals surface area contributed by atoms with Crippen LogP contribution in [0.5, 0.6) is 0 Å². The molecule has 3 aromatic carbocycles. The number of hydrogen-bond acceptors (Lipinski definition) is 3. The molecule has 1 N–H and O–H groups in total. The lowest BCUT2D eigenvalue weighted by Gasteiger charge is -2.35. The quantitative estimate of drug-likeness (QED) is 0.528. The molecule has 2 amide bonds. The summed E-state index contributed by atoms with van der Waals surface area (Å²) in [5.74, 6) is 0.640. The number of carbonyl (C=O) groups is 2. The first-order chi connectivity index (χ1) is 16.0. The first-order valence-electron chi connectivity index (χ1n) is 11.2. The molecule has 5 rings (SSSR count). The maximum Gasteiger partial charge on any atom is 0.254 e. The van der Waals surface area contributed by atoms with Gasteiger partial charge >= 0.3 is 0 Å². The number of nitrogens with zero attached hydrogens (tertiary/aromatic N) is 3. The first kappa shape index (κ1) is 20.9. The van der Waals surface area contributed by atoms with E-state index in [2.05, 4.69) is 34.6 Å². The van der Waals surface area contributed by atoms with Gasteiger partial charge in [0.05, 0.1) is 11.0 Å². The van der Waals surface area contributed by atoms with Gasteiger partial charge in [0, 0.05) is 32.1 Å². The van der Waals surface area contributed by atoms with Crippen molar-refractivity contribution in [3.63, 3.8) is 0 Å². The highest BCUT2D eigenvalue weighted by Crippen LogP contribution is 2.23. The van der Waals surface area contributed by atoms with Crippen molar-refractivity contribution in [3.05, 3.63) is 89.7 Å². The summed E-state index contributed by atoms with van der Waals surface area (Å²) in [6.45, 7) is 2.88. The fourth-order valence-corrected chi connectivity index (χ4v) is 4.47. The van der Waals surface area contributed by atoms with E-state index in [1.54, 1.807) is 4.90 Å². The van der Waals surface area contributed by atoms with Crippen LogP contribution >= 0.6 is 0 Å². The van der Waals surface area contributed by atoms with Gasteiger partial charge in [0.15, 0.2) is 0 Å². The first-order valence-corrected chi connectivity index (χ1v) is 11.2. The minimum absolute atomic E-state index is 0.114. The maximum absolute atomic E-state index is 13.4. The molecule has 0 radical (unpaired) electrons. The number of rotatable bonds is 4. The second kappa shape index (κ2) is 8.54. The lowest BCUT2D eigenvalue weighted by molar-refractivity contribution is -0.127. The van der Waals surface area contributed by atoms with E-state index >= 15 is 0 Å². The third-order valence-corrected chi connectivity index (χ3v) is 6.43. The van der Waals surface area contributed by atoms with Crippen molar-refractivity contribution in [3.8, 4) is 11.1 Å². The van der Waals surface area contributed by atoms with Crippen molar-refractivity contribution in [1.29, 1.82) is 0 Å². The zero-order valence-corrected chi connectivity index (χ0v) is 18.8. The average molecular weight is 439 g/mol. The van der Waals surface area contributed by atoms with Gasteiger partial charge in [-0.1, -0.05) is 54.6 Å².